The predicted molar refractivity (Wildman–Crippen MR) is 79.0 cm³/mol. The number of thiophene rings is 1. The van der Waals surface area contributed by atoms with Crippen LogP contribution in [0.15, 0.2) is 46.6 Å². The lowest BCUT2D eigenvalue weighted by Gasteiger charge is -2.04. The SMILES string of the molecule is Cn1c(=O)n2c(-c3ccccc3)nnc2c2ccsc21. The zero-order chi connectivity index (χ0) is 13.7. The molecule has 6 heteroatoms. The molecule has 98 valence electrons. The van der Waals surface area contributed by atoms with Gasteiger partial charge in [0.15, 0.2) is 11.5 Å². The summed E-state index contributed by atoms with van der Waals surface area (Å²) in [6.45, 7) is 0. The van der Waals surface area contributed by atoms with Gasteiger partial charge in [-0.25, -0.2) is 9.20 Å². The number of hydrogen-bond acceptors (Lipinski definition) is 4. The topological polar surface area (TPSA) is 52.2 Å². The van der Waals surface area contributed by atoms with Crippen molar-refractivity contribution in [1.29, 1.82) is 0 Å². The minimum absolute atomic E-state index is 0.126. The first-order chi connectivity index (χ1) is 9.77. The molecule has 0 spiro atoms. The van der Waals surface area contributed by atoms with Crippen molar-refractivity contribution in [3.63, 3.8) is 0 Å². The first-order valence-electron chi connectivity index (χ1n) is 6.14. The number of benzene rings is 1. The largest absolute Gasteiger partial charge is 0.336 e. The minimum atomic E-state index is -0.126. The molecule has 20 heavy (non-hydrogen) atoms. The van der Waals surface area contributed by atoms with Gasteiger partial charge >= 0.3 is 5.69 Å². The third-order valence-electron chi connectivity index (χ3n) is 3.36. The van der Waals surface area contributed by atoms with E-state index in [1.54, 1.807) is 16.0 Å². The Kier molecular flexibility index (Phi) is 2.28. The van der Waals surface area contributed by atoms with E-state index in [0.717, 1.165) is 15.8 Å². The maximum absolute atomic E-state index is 12.5. The molecule has 0 amide bonds. The van der Waals surface area contributed by atoms with E-state index < -0.39 is 0 Å². The molecule has 0 aliphatic heterocycles. The molecular formula is C14H10N4OS. The second-order valence-electron chi connectivity index (χ2n) is 4.53. The second-order valence-corrected chi connectivity index (χ2v) is 5.42. The second kappa shape index (κ2) is 4.01. The Bertz CT molecular complexity index is 981. The van der Waals surface area contributed by atoms with Gasteiger partial charge in [0.2, 0.25) is 0 Å². The normalized spacial score (nSPS) is 11.4. The number of nitrogens with zero attached hydrogens (tertiary/aromatic N) is 4. The van der Waals surface area contributed by atoms with E-state index in [1.807, 2.05) is 41.8 Å². The van der Waals surface area contributed by atoms with Crippen LogP contribution in [-0.4, -0.2) is 19.2 Å². The monoisotopic (exact) mass is 282 g/mol. The summed E-state index contributed by atoms with van der Waals surface area (Å²) in [6, 6.07) is 11.6. The summed E-state index contributed by atoms with van der Waals surface area (Å²) in [5.74, 6) is 0.578. The number of aromatic nitrogens is 4. The molecule has 5 nitrogen and oxygen atoms in total. The Morgan fingerprint density at radius 1 is 1.10 bits per heavy atom. The third kappa shape index (κ3) is 1.39. The summed E-state index contributed by atoms with van der Waals surface area (Å²) in [5, 5.41) is 11.3. The van der Waals surface area contributed by atoms with E-state index in [9.17, 15) is 4.79 Å². The summed E-state index contributed by atoms with van der Waals surface area (Å²) < 4.78 is 3.22. The van der Waals surface area contributed by atoms with Crippen molar-refractivity contribution in [2.24, 2.45) is 7.05 Å². The molecule has 4 aromatic rings. The van der Waals surface area contributed by atoms with Crippen molar-refractivity contribution in [1.82, 2.24) is 19.2 Å². The van der Waals surface area contributed by atoms with Gasteiger partial charge in [0.05, 0.1) is 5.39 Å². The van der Waals surface area contributed by atoms with Crippen molar-refractivity contribution < 1.29 is 0 Å². The highest BCUT2D eigenvalue weighted by Crippen LogP contribution is 2.24. The average Bonchev–Trinajstić information content (AvgIpc) is 3.12. The Morgan fingerprint density at radius 2 is 1.90 bits per heavy atom. The number of fused-ring (bicyclic) bond motifs is 3. The molecule has 0 saturated heterocycles. The van der Waals surface area contributed by atoms with Crippen LogP contribution in [-0.2, 0) is 7.05 Å². The predicted octanol–water partition coefficient (Wildman–Crippen LogP) is 2.31. The van der Waals surface area contributed by atoms with Gasteiger partial charge in [0.25, 0.3) is 0 Å². The van der Waals surface area contributed by atoms with E-state index >= 15 is 0 Å². The Balaban J connectivity index is 2.21. The summed E-state index contributed by atoms with van der Waals surface area (Å²) >= 11 is 1.53. The summed E-state index contributed by atoms with van der Waals surface area (Å²) in [7, 11) is 1.77. The lowest BCUT2D eigenvalue weighted by Crippen LogP contribution is -2.24. The molecule has 3 heterocycles. The van der Waals surface area contributed by atoms with E-state index in [1.165, 1.54) is 11.3 Å². The minimum Gasteiger partial charge on any atom is -0.287 e. The van der Waals surface area contributed by atoms with Crippen LogP contribution in [0.5, 0.6) is 0 Å². The number of rotatable bonds is 1. The molecule has 0 aliphatic rings. The van der Waals surface area contributed by atoms with Crippen LogP contribution in [0.4, 0.5) is 0 Å². The molecule has 4 rings (SSSR count). The van der Waals surface area contributed by atoms with Gasteiger partial charge in [-0.05, 0) is 11.4 Å². The smallest absolute Gasteiger partial charge is 0.287 e. The maximum Gasteiger partial charge on any atom is 0.336 e. The fourth-order valence-corrected chi connectivity index (χ4v) is 3.24. The van der Waals surface area contributed by atoms with Crippen LogP contribution in [0.2, 0.25) is 0 Å². The highest BCUT2D eigenvalue weighted by molar-refractivity contribution is 7.16. The summed E-state index contributed by atoms with van der Waals surface area (Å²) in [5.41, 5.74) is 1.37. The van der Waals surface area contributed by atoms with E-state index in [-0.39, 0.29) is 5.69 Å². The van der Waals surface area contributed by atoms with Gasteiger partial charge < -0.3 is 0 Å². The van der Waals surface area contributed by atoms with E-state index in [0.29, 0.717) is 11.5 Å². The van der Waals surface area contributed by atoms with Gasteiger partial charge in [-0.1, -0.05) is 30.3 Å². The highest BCUT2D eigenvalue weighted by atomic mass is 32.1. The van der Waals surface area contributed by atoms with Gasteiger partial charge in [0.1, 0.15) is 4.83 Å². The zero-order valence-electron chi connectivity index (χ0n) is 10.6. The van der Waals surface area contributed by atoms with Crippen LogP contribution in [0.3, 0.4) is 0 Å². The fraction of sp³-hybridized carbons (Fsp3) is 0.0714. The summed E-state index contributed by atoms with van der Waals surface area (Å²) in [6.07, 6.45) is 0. The summed E-state index contributed by atoms with van der Waals surface area (Å²) in [4.78, 5) is 13.5. The van der Waals surface area contributed by atoms with Crippen LogP contribution < -0.4 is 5.69 Å². The number of hydrogen-bond donors (Lipinski definition) is 0. The Labute approximate surface area is 117 Å². The molecule has 0 saturated carbocycles. The van der Waals surface area contributed by atoms with Crippen LogP contribution in [0, 0.1) is 0 Å². The average molecular weight is 282 g/mol. The van der Waals surface area contributed by atoms with Crippen LogP contribution in [0.1, 0.15) is 0 Å². The molecular weight excluding hydrogens is 272 g/mol. The van der Waals surface area contributed by atoms with Gasteiger partial charge in [-0.15, -0.1) is 21.5 Å². The van der Waals surface area contributed by atoms with Gasteiger partial charge in [0, 0.05) is 12.6 Å². The van der Waals surface area contributed by atoms with Crippen LogP contribution >= 0.6 is 11.3 Å². The Morgan fingerprint density at radius 3 is 2.70 bits per heavy atom. The first-order valence-corrected chi connectivity index (χ1v) is 7.02. The molecule has 0 radical (unpaired) electrons. The molecule has 0 N–H and O–H groups in total. The van der Waals surface area contributed by atoms with Crippen molar-refractivity contribution in [3.8, 4) is 11.4 Å². The van der Waals surface area contributed by atoms with Crippen molar-refractivity contribution in [2.75, 3.05) is 0 Å². The molecule has 0 aliphatic carbocycles. The van der Waals surface area contributed by atoms with Crippen molar-refractivity contribution >= 4 is 27.2 Å². The highest BCUT2D eigenvalue weighted by Gasteiger charge is 2.16. The zero-order valence-corrected chi connectivity index (χ0v) is 11.5. The van der Waals surface area contributed by atoms with Crippen LogP contribution in [0.25, 0.3) is 27.3 Å². The molecule has 0 atom stereocenters. The van der Waals surface area contributed by atoms with Gasteiger partial charge in [-0.3, -0.25) is 4.57 Å². The van der Waals surface area contributed by atoms with E-state index in [2.05, 4.69) is 10.2 Å². The Hall–Kier alpha value is -2.47. The maximum atomic E-state index is 12.5. The third-order valence-corrected chi connectivity index (χ3v) is 4.35. The molecule has 3 aromatic heterocycles. The molecule has 0 fully saturated rings. The number of aryl methyl sites for hydroxylation is 1. The lowest BCUT2D eigenvalue weighted by atomic mass is 10.2. The molecule has 0 bridgehead atoms. The standard InChI is InChI=1S/C14H10N4OS/c1-17-13-10(7-8-20-13)12-16-15-11(18(12)14(17)19)9-5-3-2-4-6-9/h2-8H,1H3. The lowest BCUT2D eigenvalue weighted by molar-refractivity contribution is 0.834. The fourth-order valence-electron chi connectivity index (χ4n) is 2.38. The van der Waals surface area contributed by atoms with E-state index in [4.69, 9.17) is 0 Å². The molecule has 1 aromatic carbocycles. The van der Waals surface area contributed by atoms with Gasteiger partial charge in [-0.2, -0.15) is 0 Å². The van der Waals surface area contributed by atoms with Crippen molar-refractivity contribution in [3.05, 3.63) is 52.3 Å². The molecule has 0 unspecified atom stereocenters. The quantitative estimate of drug-likeness (QED) is 0.538. The van der Waals surface area contributed by atoms with Crippen molar-refractivity contribution in [2.45, 2.75) is 0 Å². The first kappa shape index (κ1) is 11.4.